The van der Waals surface area contributed by atoms with Crippen molar-refractivity contribution in [3.05, 3.63) is 58.6 Å². The zero-order chi connectivity index (χ0) is 13.1. The first kappa shape index (κ1) is 12.7. The quantitative estimate of drug-likeness (QED) is 0.877. The van der Waals surface area contributed by atoms with Gasteiger partial charge in [0.1, 0.15) is 11.5 Å². The first-order valence-corrected chi connectivity index (χ1v) is 7.35. The van der Waals surface area contributed by atoms with Crippen molar-refractivity contribution in [3.63, 3.8) is 0 Å². The van der Waals surface area contributed by atoms with E-state index in [4.69, 9.17) is 4.74 Å². The zero-order valence-corrected chi connectivity index (χ0v) is 12.2. The monoisotopic (exact) mass is 317 g/mol. The van der Waals surface area contributed by atoms with E-state index in [0.29, 0.717) is 6.04 Å². The minimum atomic E-state index is 0.709. The molecular formula is C16H16BrNO. The fourth-order valence-electron chi connectivity index (χ4n) is 1.92. The van der Waals surface area contributed by atoms with Crippen molar-refractivity contribution in [2.24, 2.45) is 0 Å². The van der Waals surface area contributed by atoms with Gasteiger partial charge in [-0.25, -0.2) is 0 Å². The molecule has 1 fully saturated rings. The molecule has 0 bridgehead atoms. The van der Waals surface area contributed by atoms with Crippen LogP contribution < -0.4 is 10.1 Å². The van der Waals surface area contributed by atoms with E-state index in [-0.39, 0.29) is 0 Å². The molecule has 0 amide bonds. The lowest BCUT2D eigenvalue weighted by atomic mass is 10.2. The Morgan fingerprint density at radius 1 is 1.05 bits per heavy atom. The van der Waals surface area contributed by atoms with Gasteiger partial charge in [-0.2, -0.15) is 0 Å². The largest absolute Gasteiger partial charge is 0.457 e. The van der Waals surface area contributed by atoms with Gasteiger partial charge in [0.2, 0.25) is 0 Å². The third-order valence-corrected chi connectivity index (χ3v) is 3.70. The van der Waals surface area contributed by atoms with Crippen LogP contribution in [0.2, 0.25) is 0 Å². The number of rotatable bonds is 5. The van der Waals surface area contributed by atoms with Crippen LogP contribution in [0.1, 0.15) is 18.4 Å². The average Bonchev–Trinajstić information content (AvgIpc) is 3.25. The standard InChI is InChI=1S/C16H16BrNO/c17-13-5-9-15(10-6-13)19-16-4-2-1-3-12(16)11-18-14-7-8-14/h1-6,9-10,14,18H,7-8,11H2. The zero-order valence-electron chi connectivity index (χ0n) is 10.6. The van der Waals surface area contributed by atoms with Gasteiger partial charge in [-0.1, -0.05) is 34.1 Å². The van der Waals surface area contributed by atoms with Gasteiger partial charge in [-0.15, -0.1) is 0 Å². The Labute approximate surface area is 121 Å². The summed E-state index contributed by atoms with van der Waals surface area (Å²) in [5.74, 6) is 1.79. The van der Waals surface area contributed by atoms with Gasteiger partial charge < -0.3 is 10.1 Å². The Morgan fingerprint density at radius 2 is 1.79 bits per heavy atom. The number of hydrogen-bond donors (Lipinski definition) is 1. The molecule has 1 saturated carbocycles. The van der Waals surface area contributed by atoms with E-state index in [1.54, 1.807) is 0 Å². The molecule has 3 rings (SSSR count). The minimum Gasteiger partial charge on any atom is -0.457 e. The van der Waals surface area contributed by atoms with Gasteiger partial charge in [0.05, 0.1) is 0 Å². The van der Waals surface area contributed by atoms with Crippen LogP contribution in [-0.2, 0) is 6.54 Å². The molecule has 2 aromatic carbocycles. The van der Waals surface area contributed by atoms with Gasteiger partial charge in [-0.05, 0) is 43.2 Å². The third-order valence-electron chi connectivity index (χ3n) is 3.17. The van der Waals surface area contributed by atoms with Crippen LogP contribution >= 0.6 is 15.9 Å². The highest BCUT2D eigenvalue weighted by Crippen LogP contribution is 2.27. The van der Waals surface area contributed by atoms with E-state index >= 15 is 0 Å². The van der Waals surface area contributed by atoms with Crippen LogP contribution in [0.15, 0.2) is 53.0 Å². The maximum absolute atomic E-state index is 5.96. The average molecular weight is 318 g/mol. The third kappa shape index (κ3) is 3.58. The van der Waals surface area contributed by atoms with Crippen molar-refractivity contribution < 1.29 is 4.74 Å². The van der Waals surface area contributed by atoms with Crippen LogP contribution in [0.4, 0.5) is 0 Å². The molecule has 19 heavy (non-hydrogen) atoms. The lowest BCUT2D eigenvalue weighted by Gasteiger charge is -2.11. The minimum absolute atomic E-state index is 0.709. The molecule has 0 heterocycles. The first-order valence-electron chi connectivity index (χ1n) is 6.56. The molecule has 0 unspecified atom stereocenters. The summed E-state index contributed by atoms with van der Waals surface area (Å²) in [5, 5.41) is 3.52. The van der Waals surface area contributed by atoms with E-state index < -0.39 is 0 Å². The number of nitrogens with one attached hydrogen (secondary N) is 1. The molecule has 98 valence electrons. The molecule has 0 radical (unpaired) electrons. The van der Waals surface area contributed by atoms with Crippen molar-refractivity contribution in [2.75, 3.05) is 0 Å². The predicted octanol–water partition coefficient (Wildman–Crippen LogP) is 4.49. The lowest BCUT2D eigenvalue weighted by Crippen LogP contribution is -2.15. The van der Waals surface area contributed by atoms with Crippen LogP contribution in [0.5, 0.6) is 11.5 Å². The van der Waals surface area contributed by atoms with Crippen molar-refractivity contribution in [1.82, 2.24) is 5.32 Å². The number of halogens is 1. The Bertz CT molecular complexity index is 549. The van der Waals surface area contributed by atoms with Crippen molar-refractivity contribution in [3.8, 4) is 11.5 Å². The maximum Gasteiger partial charge on any atom is 0.131 e. The van der Waals surface area contributed by atoms with Crippen LogP contribution in [0.25, 0.3) is 0 Å². The summed E-state index contributed by atoms with van der Waals surface area (Å²) in [7, 11) is 0. The molecule has 0 aromatic heterocycles. The second-order valence-corrected chi connectivity index (χ2v) is 5.73. The number of hydrogen-bond acceptors (Lipinski definition) is 2. The Balaban J connectivity index is 1.73. The number of ether oxygens (including phenoxy) is 1. The Morgan fingerprint density at radius 3 is 2.53 bits per heavy atom. The normalized spacial score (nSPS) is 14.4. The summed E-state index contributed by atoms with van der Waals surface area (Å²) in [4.78, 5) is 0. The molecule has 0 aliphatic heterocycles. The fraction of sp³-hybridized carbons (Fsp3) is 0.250. The highest BCUT2D eigenvalue weighted by molar-refractivity contribution is 9.10. The van der Waals surface area contributed by atoms with Crippen LogP contribution in [0, 0.1) is 0 Å². The van der Waals surface area contributed by atoms with E-state index in [1.807, 2.05) is 36.4 Å². The van der Waals surface area contributed by atoms with Gasteiger partial charge in [-0.3, -0.25) is 0 Å². The molecule has 0 saturated heterocycles. The summed E-state index contributed by atoms with van der Waals surface area (Å²) in [6, 6.07) is 16.8. The lowest BCUT2D eigenvalue weighted by molar-refractivity contribution is 0.472. The maximum atomic E-state index is 5.96. The molecule has 2 nitrogen and oxygen atoms in total. The van der Waals surface area contributed by atoms with E-state index in [1.165, 1.54) is 18.4 Å². The first-order chi connectivity index (χ1) is 9.31. The summed E-state index contributed by atoms with van der Waals surface area (Å²) >= 11 is 3.43. The molecule has 0 atom stereocenters. The molecule has 1 aliphatic carbocycles. The Hall–Kier alpha value is -1.32. The SMILES string of the molecule is Brc1ccc(Oc2ccccc2CNC2CC2)cc1. The van der Waals surface area contributed by atoms with Crippen LogP contribution in [-0.4, -0.2) is 6.04 Å². The highest BCUT2D eigenvalue weighted by Gasteiger charge is 2.20. The van der Waals surface area contributed by atoms with Gasteiger partial charge in [0.25, 0.3) is 0 Å². The van der Waals surface area contributed by atoms with Crippen molar-refractivity contribution >= 4 is 15.9 Å². The number of para-hydroxylation sites is 1. The molecule has 2 aromatic rings. The fourth-order valence-corrected chi connectivity index (χ4v) is 2.19. The Kier molecular flexibility index (Phi) is 3.85. The van der Waals surface area contributed by atoms with Gasteiger partial charge in [0.15, 0.2) is 0 Å². The summed E-state index contributed by atoms with van der Waals surface area (Å²) in [6.45, 7) is 0.872. The van der Waals surface area contributed by atoms with Crippen LogP contribution in [0.3, 0.4) is 0 Å². The molecule has 1 aliphatic rings. The molecule has 1 N–H and O–H groups in total. The van der Waals surface area contributed by atoms with Gasteiger partial charge >= 0.3 is 0 Å². The van der Waals surface area contributed by atoms with Crippen molar-refractivity contribution in [1.29, 1.82) is 0 Å². The highest BCUT2D eigenvalue weighted by atomic mass is 79.9. The number of benzene rings is 2. The predicted molar refractivity (Wildman–Crippen MR) is 80.5 cm³/mol. The second-order valence-electron chi connectivity index (χ2n) is 4.82. The molecular weight excluding hydrogens is 302 g/mol. The topological polar surface area (TPSA) is 21.3 Å². The van der Waals surface area contributed by atoms with E-state index in [2.05, 4.69) is 33.4 Å². The van der Waals surface area contributed by atoms with Gasteiger partial charge in [0, 0.05) is 22.6 Å². The summed E-state index contributed by atoms with van der Waals surface area (Å²) in [6.07, 6.45) is 2.60. The summed E-state index contributed by atoms with van der Waals surface area (Å²) < 4.78 is 7.02. The van der Waals surface area contributed by atoms with Crippen molar-refractivity contribution in [2.45, 2.75) is 25.4 Å². The smallest absolute Gasteiger partial charge is 0.131 e. The molecule has 0 spiro atoms. The van der Waals surface area contributed by atoms with E-state index in [9.17, 15) is 0 Å². The van der Waals surface area contributed by atoms with E-state index in [0.717, 1.165) is 22.5 Å². The second kappa shape index (κ2) is 5.76. The molecule has 3 heteroatoms. The summed E-state index contributed by atoms with van der Waals surface area (Å²) in [5.41, 5.74) is 1.21.